The number of nitrogens with two attached hydrogens (primary N) is 1. The summed E-state index contributed by atoms with van der Waals surface area (Å²) in [6.45, 7) is 3.90. The summed E-state index contributed by atoms with van der Waals surface area (Å²) in [7, 11) is 0. The number of carbonyl (C=O) groups is 1. The van der Waals surface area contributed by atoms with Crippen LogP contribution < -0.4 is 11.1 Å². The van der Waals surface area contributed by atoms with Crippen LogP contribution in [0, 0.1) is 0 Å². The number of carbonyl (C=O) groups excluding carboxylic acids is 1. The Hall–Kier alpha value is -1.39. The minimum Gasteiger partial charge on any atom is -0.393 e. The fourth-order valence-electron chi connectivity index (χ4n) is 1.86. The lowest BCUT2D eigenvalue weighted by Crippen LogP contribution is -2.40. The molecule has 18 heavy (non-hydrogen) atoms. The van der Waals surface area contributed by atoms with Crippen LogP contribution in [0.2, 0.25) is 0 Å². The van der Waals surface area contributed by atoms with Crippen molar-refractivity contribution in [3.8, 4) is 0 Å². The van der Waals surface area contributed by atoms with Gasteiger partial charge in [-0.3, -0.25) is 4.79 Å². The molecule has 1 aromatic carbocycles. The number of hydrogen-bond donors (Lipinski definition) is 3. The molecule has 0 fully saturated rings. The first-order chi connectivity index (χ1) is 8.50. The monoisotopic (exact) mass is 250 g/mol. The molecule has 100 valence electrons. The van der Waals surface area contributed by atoms with Gasteiger partial charge in [0.15, 0.2) is 0 Å². The lowest BCUT2D eigenvalue weighted by atomic mass is 9.93. The van der Waals surface area contributed by atoms with Gasteiger partial charge in [-0.15, -0.1) is 0 Å². The summed E-state index contributed by atoms with van der Waals surface area (Å²) in [5.41, 5.74) is 6.61. The van der Waals surface area contributed by atoms with Gasteiger partial charge in [-0.05, 0) is 25.8 Å². The van der Waals surface area contributed by atoms with Crippen molar-refractivity contribution < 1.29 is 9.90 Å². The molecule has 0 saturated carbocycles. The third-order valence-corrected chi connectivity index (χ3v) is 2.83. The fourth-order valence-corrected chi connectivity index (χ4v) is 1.86. The summed E-state index contributed by atoms with van der Waals surface area (Å²) < 4.78 is 0. The van der Waals surface area contributed by atoms with E-state index in [1.54, 1.807) is 13.8 Å². The van der Waals surface area contributed by atoms with E-state index in [9.17, 15) is 9.90 Å². The van der Waals surface area contributed by atoms with Gasteiger partial charge in [-0.2, -0.15) is 0 Å². The third-order valence-electron chi connectivity index (χ3n) is 2.83. The summed E-state index contributed by atoms with van der Waals surface area (Å²) in [6, 6.07) is 9.36. The number of nitrogens with one attached hydrogen (secondary N) is 1. The molecule has 4 N–H and O–H groups in total. The molecule has 4 heteroatoms. The molecule has 4 nitrogen and oxygen atoms in total. The summed E-state index contributed by atoms with van der Waals surface area (Å²) in [6.07, 6.45) is 0.214. The topological polar surface area (TPSA) is 75.3 Å². The van der Waals surface area contributed by atoms with E-state index in [1.807, 2.05) is 30.3 Å². The van der Waals surface area contributed by atoms with E-state index in [-0.39, 0.29) is 11.8 Å². The van der Waals surface area contributed by atoms with Gasteiger partial charge in [0.05, 0.1) is 12.1 Å². The molecule has 1 aromatic rings. The summed E-state index contributed by atoms with van der Waals surface area (Å²) in [4.78, 5) is 11.5. The van der Waals surface area contributed by atoms with Crippen LogP contribution in [0.15, 0.2) is 30.3 Å². The van der Waals surface area contributed by atoms with Crippen LogP contribution >= 0.6 is 0 Å². The highest BCUT2D eigenvalue weighted by Crippen LogP contribution is 2.20. The molecule has 0 saturated heterocycles. The van der Waals surface area contributed by atoms with Crippen molar-refractivity contribution in [1.82, 2.24) is 5.32 Å². The fraction of sp³-hybridized carbons (Fsp3) is 0.500. The highest BCUT2D eigenvalue weighted by molar-refractivity contribution is 5.80. The minimum atomic E-state index is -0.507. The van der Waals surface area contributed by atoms with Gasteiger partial charge in [0.25, 0.3) is 0 Å². The summed E-state index contributed by atoms with van der Waals surface area (Å²) >= 11 is 0. The zero-order valence-electron chi connectivity index (χ0n) is 11.0. The van der Waals surface area contributed by atoms with Gasteiger partial charge in [-0.1, -0.05) is 30.3 Å². The van der Waals surface area contributed by atoms with Crippen molar-refractivity contribution in [2.24, 2.45) is 5.73 Å². The minimum absolute atomic E-state index is 0.105. The summed E-state index contributed by atoms with van der Waals surface area (Å²) in [5.74, 6) is -0.0598. The predicted octanol–water partition coefficient (Wildman–Crippen LogP) is 1.00. The van der Waals surface area contributed by atoms with Gasteiger partial charge in [-0.25, -0.2) is 0 Å². The van der Waals surface area contributed by atoms with E-state index < -0.39 is 12.1 Å². The van der Waals surface area contributed by atoms with Crippen molar-refractivity contribution in [3.05, 3.63) is 35.9 Å². The van der Waals surface area contributed by atoms with Crippen molar-refractivity contribution in [2.45, 2.75) is 38.3 Å². The van der Waals surface area contributed by atoms with Crippen LogP contribution in [0.4, 0.5) is 0 Å². The molecule has 1 amide bonds. The normalized spacial score (nSPS) is 15.8. The Morgan fingerprint density at radius 3 is 2.44 bits per heavy atom. The molecule has 2 unspecified atom stereocenters. The molecule has 0 aliphatic heterocycles. The quantitative estimate of drug-likeness (QED) is 0.705. The second-order valence-electron chi connectivity index (χ2n) is 4.73. The molecule has 0 spiro atoms. The van der Waals surface area contributed by atoms with E-state index >= 15 is 0 Å². The highest BCUT2D eigenvalue weighted by Gasteiger charge is 2.16. The average molecular weight is 250 g/mol. The second kappa shape index (κ2) is 7.13. The van der Waals surface area contributed by atoms with Crippen molar-refractivity contribution >= 4 is 5.91 Å². The molecule has 0 heterocycles. The number of amides is 1. The van der Waals surface area contributed by atoms with Crippen LogP contribution in [0.25, 0.3) is 0 Å². The first-order valence-corrected chi connectivity index (χ1v) is 6.27. The predicted molar refractivity (Wildman–Crippen MR) is 72.1 cm³/mol. The molecule has 0 aromatic heterocycles. The van der Waals surface area contributed by atoms with Gasteiger partial charge in [0.2, 0.25) is 5.91 Å². The van der Waals surface area contributed by atoms with Crippen molar-refractivity contribution in [3.63, 3.8) is 0 Å². The maximum Gasteiger partial charge on any atom is 0.236 e. The second-order valence-corrected chi connectivity index (χ2v) is 4.73. The number of aliphatic hydroxyl groups excluding tert-OH is 1. The molecule has 0 bridgehead atoms. The number of aliphatic hydroxyl groups is 1. The van der Waals surface area contributed by atoms with E-state index in [2.05, 4.69) is 5.32 Å². The maximum absolute atomic E-state index is 11.5. The number of rotatable bonds is 6. The van der Waals surface area contributed by atoms with E-state index in [0.29, 0.717) is 13.0 Å². The first kappa shape index (κ1) is 14.7. The Balaban J connectivity index is 2.65. The Bertz CT molecular complexity index is 363. The van der Waals surface area contributed by atoms with Crippen LogP contribution in [0.5, 0.6) is 0 Å². The molecule has 0 aliphatic carbocycles. The summed E-state index contributed by atoms with van der Waals surface area (Å²) in [5, 5.41) is 12.3. The lowest BCUT2D eigenvalue weighted by molar-refractivity contribution is -0.122. The Morgan fingerprint density at radius 1 is 1.33 bits per heavy atom. The highest BCUT2D eigenvalue weighted by atomic mass is 16.3. The molecule has 0 radical (unpaired) electrons. The number of benzene rings is 1. The van der Waals surface area contributed by atoms with E-state index in [1.165, 1.54) is 0 Å². The van der Waals surface area contributed by atoms with Gasteiger partial charge in [0.1, 0.15) is 0 Å². The van der Waals surface area contributed by atoms with Crippen LogP contribution in [0.1, 0.15) is 31.7 Å². The SMILES string of the molecule is CC(O)CC(CNC(=O)[C@H](C)N)c1ccccc1. The molecular weight excluding hydrogens is 228 g/mol. The lowest BCUT2D eigenvalue weighted by Gasteiger charge is -2.20. The molecule has 0 aliphatic rings. The smallest absolute Gasteiger partial charge is 0.236 e. The van der Waals surface area contributed by atoms with Crippen LogP contribution in [-0.2, 0) is 4.79 Å². The number of hydrogen-bond acceptors (Lipinski definition) is 3. The van der Waals surface area contributed by atoms with Crippen molar-refractivity contribution in [2.75, 3.05) is 6.54 Å². The average Bonchev–Trinajstić information content (AvgIpc) is 2.34. The maximum atomic E-state index is 11.5. The Kier molecular flexibility index (Phi) is 5.82. The Morgan fingerprint density at radius 2 is 1.94 bits per heavy atom. The van der Waals surface area contributed by atoms with E-state index in [0.717, 1.165) is 5.56 Å². The van der Waals surface area contributed by atoms with Crippen molar-refractivity contribution in [1.29, 1.82) is 0 Å². The molecule has 1 rings (SSSR count). The largest absolute Gasteiger partial charge is 0.393 e. The van der Waals surface area contributed by atoms with Gasteiger partial charge in [0, 0.05) is 12.5 Å². The van der Waals surface area contributed by atoms with Gasteiger partial charge >= 0.3 is 0 Å². The van der Waals surface area contributed by atoms with Crippen LogP contribution in [-0.4, -0.2) is 29.7 Å². The van der Waals surface area contributed by atoms with Crippen LogP contribution in [0.3, 0.4) is 0 Å². The molecular formula is C14H22N2O2. The van der Waals surface area contributed by atoms with Gasteiger partial charge < -0.3 is 16.2 Å². The zero-order valence-corrected chi connectivity index (χ0v) is 11.0. The zero-order chi connectivity index (χ0) is 13.5. The molecule has 3 atom stereocenters. The first-order valence-electron chi connectivity index (χ1n) is 6.27. The standard InChI is InChI=1S/C14H22N2O2/c1-10(17)8-13(9-16-14(18)11(2)15)12-6-4-3-5-7-12/h3-7,10-11,13,17H,8-9,15H2,1-2H3,(H,16,18)/t10?,11-,13?/m0/s1. The third kappa shape index (κ3) is 4.85. The Labute approximate surface area is 108 Å². The van der Waals surface area contributed by atoms with E-state index in [4.69, 9.17) is 5.73 Å².